The Morgan fingerprint density at radius 1 is 1.04 bits per heavy atom. The number of halogens is 1. The zero-order valence-electron chi connectivity index (χ0n) is 12.9. The van der Waals surface area contributed by atoms with Gasteiger partial charge in [0.2, 0.25) is 5.95 Å². The third-order valence-electron chi connectivity index (χ3n) is 3.68. The molecule has 3 rings (SSSR count). The van der Waals surface area contributed by atoms with Crippen LogP contribution in [0.25, 0.3) is 0 Å². The van der Waals surface area contributed by atoms with Crippen LogP contribution in [-0.4, -0.2) is 52.9 Å². The van der Waals surface area contributed by atoms with Crippen molar-refractivity contribution < 1.29 is 9.59 Å². The summed E-state index contributed by atoms with van der Waals surface area (Å²) in [6.07, 6.45) is 3.36. The van der Waals surface area contributed by atoms with Crippen molar-refractivity contribution >= 4 is 35.1 Å². The van der Waals surface area contributed by atoms with Crippen molar-refractivity contribution in [1.82, 2.24) is 14.9 Å². The molecule has 0 unspecified atom stereocenters. The molecular formula is C16H16ClN5O2. The van der Waals surface area contributed by atoms with Crippen molar-refractivity contribution in [3.63, 3.8) is 0 Å². The molecule has 0 saturated carbocycles. The molecule has 7 nitrogen and oxygen atoms in total. The number of carbonyl (C=O) groups is 2. The lowest BCUT2D eigenvalue weighted by molar-refractivity contribution is -0.143. The Kier molecular flexibility index (Phi) is 4.90. The second-order valence-electron chi connectivity index (χ2n) is 5.29. The molecule has 0 bridgehead atoms. The molecule has 0 radical (unpaired) electrons. The van der Waals surface area contributed by atoms with Crippen LogP contribution >= 0.6 is 11.6 Å². The van der Waals surface area contributed by atoms with Crippen LogP contribution in [0.3, 0.4) is 0 Å². The van der Waals surface area contributed by atoms with E-state index in [9.17, 15) is 9.59 Å². The van der Waals surface area contributed by atoms with Gasteiger partial charge in [0.25, 0.3) is 0 Å². The van der Waals surface area contributed by atoms with Gasteiger partial charge in [0.05, 0.1) is 0 Å². The second-order valence-corrected chi connectivity index (χ2v) is 5.73. The molecule has 1 saturated heterocycles. The number of nitrogens with one attached hydrogen (secondary N) is 1. The molecule has 1 aliphatic heterocycles. The Morgan fingerprint density at radius 2 is 1.75 bits per heavy atom. The molecular weight excluding hydrogens is 330 g/mol. The van der Waals surface area contributed by atoms with Crippen LogP contribution in [0.2, 0.25) is 5.02 Å². The fourth-order valence-electron chi connectivity index (χ4n) is 2.46. The average molecular weight is 346 g/mol. The van der Waals surface area contributed by atoms with E-state index in [1.54, 1.807) is 42.7 Å². The highest BCUT2D eigenvalue weighted by molar-refractivity contribution is 6.39. The molecule has 8 heteroatoms. The molecule has 2 amide bonds. The molecule has 0 aliphatic carbocycles. The highest BCUT2D eigenvalue weighted by atomic mass is 35.5. The molecule has 124 valence electrons. The Morgan fingerprint density at radius 3 is 2.42 bits per heavy atom. The number of anilines is 2. The van der Waals surface area contributed by atoms with Crippen LogP contribution in [0.1, 0.15) is 0 Å². The highest BCUT2D eigenvalue weighted by Crippen LogP contribution is 2.15. The second kappa shape index (κ2) is 7.27. The van der Waals surface area contributed by atoms with Gasteiger partial charge in [0.1, 0.15) is 0 Å². The number of hydrogen-bond donors (Lipinski definition) is 1. The predicted octanol–water partition coefficient (Wildman–Crippen LogP) is 1.42. The van der Waals surface area contributed by atoms with E-state index in [2.05, 4.69) is 15.3 Å². The fraction of sp³-hybridized carbons (Fsp3) is 0.250. The van der Waals surface area contributed by atoms with Gasteiger partial charge < -0.3 is 15.1 Å². The monoisotopic (exact) mass is 345 g/mol. The Balaban J connectivity index is 1.56. The molecule has 24 heavy (non-hydrogen) atoms. The van der Waals surface area contributed by atoms with E-state index in [1.807, 2.05) is 4.90 Å². The molecule has 1 fully saturated rings. The standard InChI is InChI=1S/C16H16ClN5O2/c17-12-3-1-4-13(11-12)20-14(23)15(24)21-7-9-22(10-8-21)16-18-5-2-6-19-16/h1-6,11H,7-10H2,(H,20,23). The van der Waals surface area contributed by atoms with Crippen LogP contribution in [0, 0.1) is 0 Å². The van der Waals surface area contributed by atoms with Crippen LogP contribution in [0.4, 0.5) is 11.6 Å². The van der Waals surface area contributed by atoms with Gasteiger partial charge in [-0.1, -0.05) is 17.7 Å². The smallest absolute Gasteiger partial charge is 0.313 e. The first-order valence-corrected chi connectivity index (χ1v) is 7.89. The van der Waals surface area contributed by atoms with Gasteiger partial charge >= 0.3 is 11.8 Å². The first-order chi connectivity index (χ1) is 11.6. The number of amides is 2. The van der Waals surface area contributed by atoms with Gasteiger partial charge in [-0.05, 0) is 24.3 Å². The summed E-state index contributed by atoms with van der Waals surface area (Å²) in [7, 11) is 0. The lowest BCUT2D eigenvalue weighted by atomic mass is 10.3. The molecule has 2 aromatic rings. The molecule has 1 aromatic carbocycles. The maximum atomic E-state index is 12.3. The first kappa shape index (κ1) is 16.2. The minimum atomic E-state index is -0.665. The Hall–Kier alpha value is -2.67. The van der Waals surface area contributed by atoms with Crippen LogP contribution in [-0.2, 0) is 9.59 Å². The van der Waals surface area contributed by atoms with E-state index in [-0.39, 0.29) is 0 Å². The maximum Gasteiger partial charge on any atom is 0.313 e. The van der Waals surface area contributed by atoms with Crippen molar-refractivity contribution in [3.05, 3.63) is 47.7 Å². The summed E-state index contributed by atoms with van der Waals surface area (Å²) in [4.78, 5) is 36.2. The summed E-state index contributed by atoms with van der Waals surface area (Å²) in [5.74, 6) is -0.585. The lowest BCUT2D eigenvalue weighted by Crippen LogP contribution is -2.52. The van der Waals surface area contributed by atoms with Crippen molar-refractivity contribution in [1.29, 1.82) is 0 Å². The van der Waals surface area contributed by atoms with E-state index in [1.165, 1.54) is 4.90 Å². The van der Waals surface area contributed by atoms with Crippen LogP contribution < -0.4 is 10.2 Å². The van der Waals surface area contributed by atoms with Gasteiger partial charge in [0, 0.05) is 49.3 Å². The largest absolute Gasteiger partial charge is 0.337 e. The SMILES string of the molecule is O=C(Nc1cccc(Cl)c1)C(=O)N1CCN(c2ncccn2)CC1. The number of aromatic nitrogens is 2. The van der Waals surface area contributed by atoms with Crippen molar-refractivity contribution in [2.75, 3.05) is 36.4 Å². The highest BCUT2D eigenvalue weighted by Gasteiger charge is 2.26. The van der Waals surface area contributed by atoms with E-state index < -0.39 is 11.8 Å². The third-order valence-corrected chi connectivity index (χ3v) is 3.91. The summed E-state index contributed by atoms with van der Waals surface area (Å²) in [5, 5.41) is 3.07. The third kappa shape index (κ3) is 3.80. The number of carbonyl (C=O) groups excluding carboxylic acids is 2. The summed E-state index contributed by atoms with van der Waals surface area (Å²) < 4.78 is 0. The summed E-state index contributed by atoms with van der Waals surface area (Å²) >= 11 is 5.87. The number of piperazine rings is 1. The molecule has 1 aromatic heterocycles. The van der Waals surface area contributed by atoms with E-state index in [4.69, 9.17) is 11.6 Å². The van der Waals surface area contributed by atoms with Gasteiger partial charge in [0.15, 0.2) is 0 Å². The molecule has 2 heterocycles. The summed E-state index contributed by atoms with van der Waals surface area (Å²) in [6.45, 7) is 2.06. The average Bonchev–Trinajstić information content (AvgIpc) is 2.62. The topological polar surface area (TPSA) is 78.4 Å². The minimum absolute atomic E-state index is 0.444. The zero-order valence-corrected chi connectivity index (χ0v) is 13.6. The Bertz CT molecular complexity index is 732. The van der Waals surface area contributed by atoms with E-state index in [0.29, 0.717) is 42.8 Å². The van der Waals surface area contributed by atoms with Gasteiger partial charge in [-0.25, -0.2) is 9.97 Å². The summed E-state index contributed by atoms with van der Waals surface area (Å²) in [6, 6.07) is 8.44. The number of rotatable bonds is 2. The van der Waals surface area contributed by atoms with Crippen molar-refractivity contribution in [3.8, 4) is 0 Å². The van der Waals surface area contributed by atoms with Gasteiger partial charge in [-0.15, -0.1) is 0 Å². The predicted molar refractivity (Wildman–Crippen MR) is 90.9 cm³/mol. The normalized spacial score (nSPS) is 14.4. The lowest BCUT2D eigenvalue weighted by Gasteiger charge is -2.34. The number of hydrogen-bond acceptors (Lipinski definition) is 5. The quantitative estimate of drug-likeness (QED) is 0.833. The fourth-order valence-corrected chi connectivity index (χ4v) is 2.65. The maximum absolute atomic E-state index is 12.3. The molecule has 1 N–H and O–H groups in total. The van der Waals surface area contributed by atoms with Crippen LogP contribution in [0.15, 0.2) is 42.7 Å². The molecule has 1 aliphatic rings. The summed E-state index contributed by atoms with van der Waals surface area (Å²) in [5.41, 5.74) is 0.497. The van der Waals surface area contributed by atoms with Gasteiger partial charge in [-0.2, -0.15) is 0 Å². The number of benzene rings is 1. The van der Waals surface area contributed by atoms with Gasteiger partial charge in [-0.3, -0.25) is 9.59 Å². The zero-order chi connectivity index (χ0) is 16.9. The minimum Gasteiger partial charge on any atom is -0.337 e. The van der Waals surface area contributed by atoms with Crippen molar-refractivity contribution in [2.24, 2.45) is 0 Å². The van der Waals surface area contributed by atoms with Crippen LogP contribution in [0.5, 0.6) is 0 Å². The first-order valence-electron chi connectivity index (χ1n) is 7.51. The van der Waals surface area contributed by atoms with E-state index >= 15 is 0 Å². The molecule has 0 atom stereocenters. The van der Waals surface area contributed by atoms with Crippen molar-refractivity contribution in [2.45, 2.75) is 0 Å². The molecule has 0 spiro atoms. The van der Waals surface area contributed by atoms with E-state index in [0.717, 1.165) is 0 Å². The number of nitrogens with zero attached hydrogens (tertiary/aromatic N) is 4. The Labute approximate surface area is 144 Å².